The Balaban J connectivity index is 2.18. The highest BCUT2D eigenvalue weighted by molar-refractivity contribution is 6.65. The average molecular weight is 312 g/mol. The summed E-state index contributed by atoms with van der Waals surface area (Å²) >= 11 is 0. The summed E-state index contributed by atoms with van der Waals surface area (Å²) in [6.07, 6.45) is 0. The summed E-state index contributed by atoms with van der Waals surface area (Å²) in [4.78, 5) is 12.1. The Morgan fingerprint density at radius 2 is 1.57 bits per heavy atom. The van der Waals surface area contributed by atoms with Gasteiger partial charge in [0.2, 0.25) is 0 Å². The number of carbonyl (C=O) groups excluding carboxylic acids is 1. The second-order valence-corrected chi connectivity index (χ2v) is 6.83. The van der Waals surface area contributed by atoms with E-state index in [0.29, 0.717) is 5.56 Å². The number of carbonyl (C=O) groups is 1. The highest BCUT2D eigenvalue weighted by atomic mass is 16.7. The molecule has 1 aliphatic heterocycles. The van der Waals surface area contributed by atoms with Gasteiger partial charge in [-0.3, -0.25) is 0 Å². The van der Waals surface area contributed by atoms with Crippen LogP contribution < -0.4 is 5.46 Å². The van der Waals surface area contributed by atoms with Crippen LogP contribution in [0.15, 0.2) is 36.4 Å². The molecule has 5 heteroatoms. The minimum absolute atomic E-state index is 0.362. The Hall–Kier alpha value is -1.85. The van der Waals surface area contributed by atoms with Crippen LogP contribution in [-0.4, -0.2) is 31.4 Å². The molecular weight excluding hydrogens is 291 g/mol. The summed E-state index contributed by atoms with van der Waals surface area (Å²) in [6.45, 7) is 8.05. The third-order valence-electron chi connectivity index (χ3n) is 4.85. The number of fused-ring (bicyclic) bond motifs is 1. The molecule has 0 aliphatic carbocycles. The fourth-order valence-corrected chi connectivity index (χ4v) is 2.82. The molecule has 2 aromatic rings. The van der Waals surface area contributed by atoms with Crippen LogP contribution in [0.25, 0.3) is 10.8 Å². The maximum atomic E-state index is 12.1. The molecule has 0 amide bonds. The molecule has 0 aromatic heterocycles. The van der Waals surface area contributed by atoms with Crippen LogP contribution in [0.2, 0.25) is 0 Å². The number of rotatable bonds is 2. The van der Waals surface area contributed by atoms with Crippen LogP contribution >= 0.6 is 0 Å². The summed E-state index contributed by atoms with van der Waals surface area (Å²) < 4.78 is 17.2. The number of ether oxygens (including phenoxy) is 1. The van der Waals surface area contributed by atoms with E-state index in [1.54, 1.807) is 6.07 Å². The quantitative estimate of drug-likeness (QED) is 0.632. The van der Waals surface area contributed by atoms with E-state index in [-0.39, 0.29) is 5.97 Å². The first kappa shape index (κ1) is 16.0. The Bertz CT molecular complexity index is 745. The van der Waals surface area contributed by atoms with Crippen molar-refractivity contribution in [3.63, 3.8) is 0 Å². The number of esters is 1. The second kappa shape index (κ2) is 5.36. The van der Waals surface area contributed by atoms with Gasteiger partial charge in [0.25, 0.3) is 0 Å². The van der Waals surface area contributed by atoms with Crippen molar-refractivity contribution in [1.29, 1.82) is 0 Å². The van der Waals surface area contributed by atoms with Crippen LogP contribution in [0, 0.1) is 0 Å². The van der Waals surface area contributed by atoms with Gasteiger partial charge < -0.3 is 14.0 Å². The van der Waals surface area contributed by atoms with Crippen molar-refractivity contribution >= 4 is 29.3 Å². The fraction of sp³-hybridized carbons (Fsp3) is 0.389. The molecular formula is C18H21BO4. The second-order valence-electron chi connectivity index (χ2n) is 6.83. The molecule has 1 aliphatic rings. The molecule has 0 atom stereocenters. The number of hydrogen-bond acceptors (Lipinski definition) is 4. The molecule has 0 bridgehead atoms. The van der Waals surface area contributed by atoms with Crippen molar-refractivity contribution in [2.24, 2.45) is 0 Å². The van der Waals surface area contributed by atoms with E-state index in [0.717, 1.165) is 16.2 Å². The minimum Gasteiger partial charge on any atom is -0.465 e. The molecule has 0 N–H and O–H groups in total. The largest absolute Gasteiger partial charge is 0.495 e. The van der Waals surface area contributed by atoms with Gasteiger partial charge in [-0.2, -0.15) is 0 Å². The Kier molecular flexibility index (Phi) is 3.73. The van der Waals surface area contributed by atoms with Crippen LogP contribution in [0.1, 0.15) is 38.1 Å². The molecule has 0 radical (unpaired) electrons. The summed E-state index contributed by atoms with van der Waals surface area (Å²) in [7, 11) is 0.868. The first-order valence-corrected chi connectivity index (χ1v) is 7.72. The van der Waals surface area contributed by atoms with Crippen molar-refractivity contribution in [2.75, 3.05) is 7.11 Å². The van der Waals surface area contributed by atoms with E-state index in [1.807, 2.05) is 58.0 Å². The summed E-state index contributed by atoms with van der Waals surface area (Å²) in [6, 6.07) is 11.4. The molecule has 1 saturated heterocycles. The zero-order chi connectivity index (χ0) is 16.8. The highest BCUT2D eigenvalue weighted by Gasteiger charge is 2.52. The van der Waals surface area contributed by atoms with Crippen LogP contribution in [-0.2, 0) is 14.0 Å². The standard InChI is InChI=1S/C18H21BO4/c1-17(2)18(3,4)23-19(22-17)14-11-7-9-12-8-6-10-13(15(12)14)16(20)21-5/h6-11H,1-5H3. The van der Waals surface area contributed by atoms with Gasteiger partial charge in [0, 0.05) is 0 Å². The molecule has 23 heavy (non-hydrogen) atoms. The van der Waals surface area contributed by atoms with Crippen molar-refractivity contribution in [3.8, 4) is 0 Å². The van der Waals surface area contributed by atoms with E-state index < -0.39 is 18.3 Å². The smallest absolute Gasteiger partial charge is 0.465 e. The molecule has 0 saturated carbocycles. The predicted molar refractivity (Wildman–Crippen MR) is 91.0 cm³/mol. The van der Waals surface area contributed by atoms with E-state index in [9.17, 15) is 4.79 Å². The van der Waals surface area contributed by atoms with Crippen LogP contribution in [0.3, 0.4) is 0 Å². The number of methoxy groups -OCH3 is 1. The van der Waals surface area contributed by atoms with Gasteiger partial charge in [0.05, 0.1) is 23.9 Å². The predicted octanol–water partition coefficient (Wildman–Crippen LogP) is 2.93. The van der Waals surface area contributed by atoms with Crippen molar-refractivity contribution in [1.82, 2.24) is 0 Å². The third kappa shape index (κ3) is 2.54. The first-order chi connectivity index (χ1) is 10.8. The monoisotopic (exact) mass is 312 g/mol. The molecule has 120 valence electrons. The van der Waals surface area contributed by atoms with E-state index >= 15 is 0 Å². The zero-order valence-electron chi connectivity index (χ0n) is 14.2. The van der Waals surface area contributed by atoms with Gasteiger partial charge in [-0.1, -0.05) is 30.3 Å². The molecule has 1 heterocycles. The maximum absolute atomic E-state index is 12.1. The normalized spacial score (nSPS) is 19.1. The van der Waals surface area contributed by atoms with Crippen LogP contribution in [0.5, 0.6) is 0 Å². The minimum atomic E-state index is -0.519. The lowest BCUT2D eigenvalue weighted by Crippen LogP contribution is -2.41. The lowest BCUT2D eigenvalue weighted by Gasteiger charge is -2.32. The molecule has 0 spiro atoms. The Morgan fingerprint density at radius 1 is 1.00 bits per heavy atom. The third-order valence-corrected chi connectivity index (χ3v) is 4.85. The number of benzene rings is 2. The van der Waals surface area contributed by atoms with Gasteiger partial charge in [-0.15, -0.1) is 0 Å². The molecule has 2 aromatic carbocycles. The average Bonchev–Trinajstić information content (AvgIpc) is 2.73. The zero-order valence-corrected chi connectivity index (χ0v) is 14.2. The lowest BCUT2D eigenvalue weighted by atomic mass is 9.75. The van der Waals surface area contributed by atoms with Gasteiger partial charge in [-0.25, -0.2) is 4.79 Å². The summed E-state index contributed by atoms with van der Waals surface area (Å²) in [5.74, 6) is -0.362. The molecule has 3 rings (SSSR count). The van der Waals surface area contributed by atoms with E-state index in [4.69, 9.17) is 14.0 Å². The van der Waals surface area contributed by atoms with Gasteiger partial charge >= 0.3 is 13.1 Å². The van der Waals surface area contributed by atoms with E-state index in [2.05, 4.69) is 0 Å². The Labute approximate surface area is 136 Å². The fourth-order valence-electron chi connectivity index (χ4n) is 2.82. The maximum Gasteiger partial charge on any atom is 0.495 e. The van der Waals surface area contributed by atoms with Gasteiger partial charge in [-0.05, 0) is 50.0 Å². The van der Waals surface area contributed by atoms with Crippen LogP contribution in [0.4, 0.5) is 0 Å². The van der Waals surface area contributed by atoms with Crippen molar-refractivity contribution in [2.45, 2.75) is 38.9 Å². The summed E-state index contributed by atoms with van der Waals surface area (Å²) in [5.41, 5.74) is 0.512. The van der Waals surface area contributed by atoms with Gasteiger partial charge in [0.1, 0.15) is 0 Å². The van der Waals surface area contributed by atoms with E-state index in [1.165, 1.54) is 7.11 Å². The topological polar surface area (TPSA) is 44.8 Å². The SMILES string of the molecule is COC(=O)c1cccc2cccc(B3OC(C)(C)C(C)(C)O3)c12. The molecule has 0 unspecified atom stereocenters. The lowest BCUT2D eigenvalue weighted by molar-refractivity contribution is 0.00578. The highest BCUT2D eigenvalue weighted by Crippen LogP contribution is 2.37. The summed E-state index contributed by atoms with van der Waals surface area (Å²) in [5, 5.41) is 1.78. The molecule has 1 fully saturated rings. The first-order valence-electron chi connectivity index (χ1n) is 7.72. The number of hydrogen-bond donors (Lipinski definition) is 0. The Morgan fingerprint density at radius 3 is 2.13 bits per heavy atom. The van der Waals surface area contributed by atoms with Crippen molar-refractivity contribution < 1.29 is 18.8 Å². The van der Waals surface area contributed by atoms with Crippen molar-refractivity contribution in [3.05, 3.63) is 42.0 Å². The van der Waals surface area contributed by atoms with Gasteiger partial charge in [0.15, 0.2) is 0 Å². The molecule has 4 nitrogen and oxygen atoms in total.